The first-order valence-corrected chi connectivity index (χ1v) is 6.88. The Morgan fingerprint density at radius 1 is 1.36 bits per heavy atom. The van der Waals surface area contributed by atoms with Crippen LogP contribution in [-0.4, -0.2) is 42.6 Å². The average molecular weight is 264 g/mol. The maximum Gasteiger partial charge on any atom is 0.0622 e. The Balaban J connectivity index is 2.13. The van der Waals surface area contributed by atoms with Crippen molar-refractivity contribution in [3.8, 4) is 0 Å². The molecular weight excluding hydrogens is 242 g/mol. The van der Waals surface area contributed by atoms with E-state index in [1.54, 1.807) is 0 Å². The average Bonchev–Trinajstić information content (AvgIpc) is 2.25. The Bertz CT molecular complexity index is 143. The van der Waals surface area contributed by atoms with Crippen LogP contribution in [0, 0.1) is 0 Å². The van der Waals surface area contributed by atoms with E-state index in [2.05, 4.69) is 27.8 Å². The van der Waals surface area contributed by atoms with Gasteiger partial charge < -0.3 is 4.74 Å². The Kier molecular flexibility index (Phi) is 6.82. The number of alkyl halides is 1. The first-order chi connectivity index (χ1) is 6.88. The lowest BCUT2D eigenvalue weighted by Gasteiger charge is -2.35. The first-order valence-electron chi connectivity index (χ1n) is 5.76. The molecule has 0 radical (unpaired) electrons. The molecule has 0 aromatic rings. The number of nitrogens with zero attached hydrogens (tertiary/aromatic N) is 1. The molecule has 0 aliphatic carbocycles. The maximum atomic E-state index is 5.48. The van der Waals surface area contributed by atoms with Crippen molar-refractivity contribution >= 4 is 15.9 Å². The van der Waals surface area contributed by atoms with Crippen LogP contribution in [0.3, 0.4) is 0 Å². The minimum atomic E-state index is 0.674. The van der Waals surface area contributed by atoms with Crippen molar-refractivity contribution in [1.29, 1.82) is 0 Å². The monoisotopic (exact) mass is 263 g/mol. The second kappa shape index (κ2) is 7.66. The summed E-state index contributed by atoms with van der Waals surface area (Å²) in [5.41, 5.74) is 0. The van der Waals surface area contributed by atoms with E-state index in [-0.39, 0.29) is 0 Å². The van der Waals surface area contributed by atoms with Crippen LogP contribution in [-0.2, 0) is 4.74 Å². The molecule has 3 heteroatoms. The van der Waals surface area contributed by atoms with Crippen LogP contribution in [0.1, 0.15) is 32.6 Å². The highest BCUT2D eigenvalue weighted by Crippen LogP contribution is 2.11. The fourth-order valence-electron chi connectivity index (χ4n) is 1.95. The predicted molar refractivity (Wildman–Crippen MR) is 64.1 cm³/mol. The van der Waals surface area contributed by atoms with Gasteiger partial charge in [0.05, 0.1) is 13.2 Å². The number of halogens is 1. The van der Waals surface area contributed by atoms with Gasteiger partial charge >= 0.3 is 0 Å². The largest absolute Gasteiger partial charge is 0.378 e. The lowest BCUT2D eigenvalue weighted by Crippen LogP contribution is -2.45. The summed E-state index contributed by atoms with van der Waals surface area (Å²) in [5.74, 6) is 0. The van der Waals surface area contributed by atoms with E-state index in [4.69, 9.17) is 4.74 Å². The molecule has 1 saturated heterocycles. The van der Waals surface area contributed by atoms with E-state index in [9.17, 15) is 0 Å². The first kappa shape index (κ1) is 12.5. The van der Waals surface area contributed by atoms with E-state index in [0.29, 0.717) is 6.04 Å². The summed E-state index contributed by atoms with van der Waals surface area (Å²) in [6.45, 7) is 6.51. The van der Waals surface area contributed by atoms with Crippen molar-refractivity contribution in [3.63, 3.8) is 0 Å². The molecule has 0 bridgehead atoms. The molecule has 0 amide bonds. The zero-order valence-electron chi connectivity index (χ0n) is 9.17. The molecule has 1 fully saturated rings. The van der Waals surface area contributed by atoms with Crippen LogP contribution in [0.15, 0.2) is 0 Å². The summed E-state index contributed by atoms with van der Waals surface area (Å²) in [6.07, 6.45) is 5.21. The molecule has 0 aromatic heterocycles. The molecular formula is C11H22BrNO. The van der Waals surface area contributed by atoms with Crippen molar-refractivity contribution < 1.29 is 4.74 Å². The van der Waals surface area contributed by atoms with Crippen molar-refractivity contribution in [3.05, 3.63) is 0 Å². The maximum absolute atomic E-state index is 5.48. The van der Waals surface area contributed by atoms with Gasteiger partial charge in [-0.25, -0.2) is 0 Å². The molecule has 1 aliphatic rings. The van der Waals surface area contributed by atoms with E-state index >= 15 is 0 Å². The van der Waals surface area contributed by atoms with Gasteiger partial charge in [-0.05, 0) is 25.8 Å². The molecule has 0 aromatic carbocycles. The molecule has 1 unspecified atom stereocenters. The van der Waals surface area contributed by atoms with E-state index < -0.39 is 0 Å². The van der Waals surface area contributed by atoms with E-state index in [1.165, 1.54) is 32.2 Å². The van der Waals surface area contributed by atoms with Gasteiger partial charge in [0.1, 0.15) is 0 Å². The summed E-state index contributed by atoms with van der Waals surface area (Å²) in [5, 5.41) is 1.15. The lowest BCUT2D eigenvalue weighted by atomic mass is 10.1. The van der Waals surface area contributed by atoms with Crippen LogP contribution in [0.25, 0.3) is 0 Å². The van der Waals surface area contributed by atoms with Crippen molar-refractivity contribution in [2.45, 2.75) is 38.6 Å². The fraction of sp³-hybridized carbons (Fsp3) is 1.00. The quantitative estimate of drug-likeness (QED) is 0.540. The zero-order valence-corrected chi connectivity index (χ0v) is 10.8. The van der Waals surface area contributed by atoms with Gasteiger partial charge in [-0.3, -0.25) is 4.90 Å². The Morgan fingerprint density at radius 3 is 2.93 bits per heavy atom. The van der Waals surface area contributed by atoms with Crippen LogP contribution >= 0.6 is 15.9 Å². The summed E-state index contributed by atoms with van der Waals surface area (Å²) >= 11 is 3.47. The number of morpholine rings is 1. The van der Waals surface area contributed by atoms with Crippen molar-refractivity contribution in [2.24, 2.45) is 0 Å². The van der Waals surface area contributed by atoms with E-state index in [0.717, 1.165) is 25.1 Å². The highest BCUT2D eigenvalue weighted by molar-refractivity contribution is 9.09. The summed E-state index contributed by atoms with van der Waals surface area (Å²) in [4.78, 5) is 2.59. The van der Waals surface area contributed by atoms with Gasteiger partial charge in [0.2, 0.25) is 0 Å². The molecule has 1 atom stereocenters. The molecule has 84 valence electrons. The molecule has 1 aliphatic heterocycles. The Hall–Kier alpha value is 0.400. The van der Waals surface area contributed by atoms with Crippen molar-refractivity contribution in [2.75, 3.05) is 31.6 Å². The third kappa shape index (κ3) is 4.28. The van der Waals surface area contributed by atoms with E-state index in [1.807, 2.05) is 0 Å². The Labute approximate surface area is 96.1 Å². The predicted octanol–water partition coefficient (Wildman–Crippen LogP) is 2.66. The molecule has 1 rings (SSSR count). The van der Waals surface area contributed by atoms with Crippen LogP contribution < -0.4 is 0 Å². The van der Waals surface area contributed by atoms with Gasteiger partial charge in [-0.2, -0.15) is 0 Å². The van der Waals surface area contributed by atoms with Gasteiger partial charge in [-0.1, -0.05) is 29.3 Å². The highest BCUT2D eigenvalue weighted by atomic mass is 79.9. The molecule has 2 nitrogen and oxygen atoms in total. The zero-order chi connectivity index (χ0) is 10.2. The SMILES string of the molecule is CCC1COCCN1CCCCCBr. The third-order valence-corrected chi connectivity index (χ3v) is 3.46. The van der Waals surface area contributed by atoms with Crippen LogP contribution in [0.4, 0.5) is 0 Å². The smallest absolute Gasteiger partial charge is 0.0622 e. The standard InChI is InChI=1S/C11H22BrNO/c1-2-11-10-14-9-8-13(11)7-5-3-4-6-12/h11H,2-10H2,1H3. The van der Waals surface area contributed by atoms with Crippen LogP contribution in [0.2, 0.25) is 0 Å². The van der Waals surface area contributed by atoms with Crippen LogP contribution in [0.5, 0.6) is 0 Å². The highest BCUT2D eigenvalue weighted by Gasteiger charge is 2.20. The molecule has 0 spiro atoms. The molecule has 0 N–H and O–H groups in total. The topological polar surface area (TPSA) is 12.5 Å². The fourth-order valence-corrected chi connectivity index (χ4v) is 2.34. The lowest BCUT2D eigenvalue weighted by molar-refractivity contribution is -0.00912. The second-order valence-electron chi connectivity index (χ2n) is 3.92. The van der Waals surface area contributed by atoms with Gasteiger partial charge in [-0.15, -0.1) is 0 Å². The minimum absolute atomic E-state index is 0.674. The third-order valence-electron chi connectivity index (χ3n) is 2.90. The number of unbranched alkanes of at least 4 members (excludes halogenated alkanes) is 2. The molecule has 1 heterocycles. The summed E-state index contributed by atoms with van der Waals surface area (Å²) in [7, 11) is 0. The second-order valence-corrected chi connectivity index (χ2v) is 4.72. The molecule has 14 heavy (non-hydrogen) atoms. The number of ether oxygens (including phenoxy) is 1. The normalized spacial score (nSPS) is 24.0. The minimum Gasteiger partial charge on any atom is -0.378 e. The Morgan fingerprint density at radius 2 is 2.21 bits per heavy atom. The number of hydrogen-bond acceptors (Lipinski definition) is 2. The molecule has 0 saturated carbocycles. The summed E-state index contributed by atoms with van der Waals surface area (Å²) < 4.78 is 5.48. The number of rotatable bonds is 6. The summed E-state index contributed by atoms with van der Waals surface area (Å²) in [6, 6.07) is 0.674. The number of hydrogen-bond donors (Lipinski definition) is 0. The van der Waals surface area contributed by atoms with Gasteiger partial charge in [0, 0.05) is 17.9 Å². The van der Waals surface area contributed by atoms with Crippen molar-refractivity contribution in [1.82, 2.24) is 4.90 Å². The van der Waals surface area contributed by atoms with Gasteiger partial charge in [0.15, 0.2) is 0 Å². The van der Waals surface area contributed by atoms with Gasteiger partial charge in [0.25, 0.3) is 0 Å².